The number of anilines is 1. The van der Waals surface area contributed by atoms with E-state index in [2.05, 4.69) is 5.32 Å². The second-order valence-electron chi connectivity index (χ2n) is 4.90. The monoisotopic (exact) mass is 366 g/mol. The highest BCUT2D eigenvalue weighted by Gasteiger charge is 2.17. The molecule has 0 spiro atoms. The summed E-state index contributed by atoms with van der Waals surface area (Å²) in [5.74, 6) is -2.07. The van der Waals surface area contributed by atoms with Crippen LogP contribution in [-0.2, 0) is 20.7 Å². The van der Waals surface area contributed by atoms with Crippen LogP contribution in [0.5, 0.6) is 0 Å². The molecule has 7 nitrogen and oxygen atoms in total. The number of benzene rings is 2. The van der Waals surface area contributed by atoms with Gasteiger partial charge in [0.1, 0.15) is 5.82 Å². The van der Waals surface area contributed by atoms with Crippen LogP contribution in [0.1, 0.15) is 5.56 Å². The summed E-state index contributed by atoms with van der Waals surface area (Å²) in [7, 11) is 0. The molecule has 130 valence electrons. The van der Waals surface area contributed by atoms with E-state index in [1.54, 1.807) is 6.07 Å². The number of hydrogen-bond acceptors (Lipinski definition) is 5. The second-order valence-corrected chi connectivity index (χ2v) is 5.31. The Kier molecular flexibility index (Phi) is 6.02. The summed E-state index contributed by atoms with van der Waals surface area (Å²) in [6.07, 6.45) is -0.340. The molecule has 0 unspecified atom stereocenters. The Morgan fingerprint density at radius 3 is 2.64 bits per heavy atom. The molecule has 25 heavy (non-hydrogen) atoms. The van der Waals surface area contributed by atoms with Gasteiger partial charge in [-0.2, -0.15) is 0 Å². The zero-order valence-corrected chi connectivity index (χ0v) is 13.5. The Morgan fingerprint density at radius 2 is 1.96 bits per heavy atom. The number of nitro benzene ring substituents is 1. The number of rotatable bonds is 6. The summed E-state index contributed by atoms with van der Waals surface area (Å²) in [6, 6.07) is 9.33. The topological polar surface area (TPSA) is 98.5 Å². The number of esters is 1. The largest absolute Gasteiger partial charge is 0.455 e. The third-order valence-corrected chi connectivity index (χ3v) is 3.38. The highest BCUT2D eigenvalue weighted by atomic mass is 35.5. The zero-order chi connectivity index (χ0) is 18.4. The fraction of sp³-hybridized carbons (Fsp3) is 0.125. The third kappa shape index (κ3) is 5.25. The van der Waals surface area contributed by atoms with E-state index in [1.807, 2.05) is 0 Å². The van der Waals surface area contributed by atoms with Crippen molar-refractivity contribution in [3.63, 3.8) is 0 Å². The van der Waals surface area contributed by atoms with E-state index in [1.165, 1.54) is 30.3 Å². The van der Waals surface area contributed by atoms with Crippen molar-refractivity contribution in [2.24, 2.45) is 0 Å². The number of ether oxygens (including phenoxy) is 1. The molecular weight excluding hydrogens is 355 g/mol. The number of para-hydroxylation sites is 1. The molecular formula is C16H12ClFN2O5. The molecule has 0 atom stereocenters. The van der Waals surface area contributed by atoms with Crippen LogP contribution in [0, 0.1) is 15.9 Å². The maximum atomic E-state index is 13.0. The lowest BCUT2D eigenvalue weighted by Gasteiger charge is -2.07. The van der Waals surface area contributed by atoms with Crippen molar-refractivity contribution in [2.75, 3.05) is 11.9 Å². The molecule has 2 aromatic rings. The van der Waals surface area contributed by atoms with Gasteiger partial charge in [0.25, 0.3) is 11.6 Å². The van der Waals surface area contributed by atoms with Gasteiger partial charge in [-0.3, -0.25) is 19.7 Å². The van der Waals surface area contributed by atoms with E-state index in [9.17, 15) is 24.1 Å². The van der Waals surface area contributed by atoms with Gasteiger partial charge >= 0.3 is 5.97 Å². The lowest BCUT2D eigenvalue weighted by atomic mass is 10.1. The van der Waals surface area contributed by atoms with Crippen LogP contribution in [0.4, 0.5) is 15.8 Å². The van der Waals surface area contributed by atoms with Crippen molar-refractivity contribution < 1.29 is 23.6 Å². The van der Waals surface area contributed by atoms with Crippen molar-refractivity contribution in [3.8, 4) is 0 Å². The van der Waals surface area contributed by atoms with Gasteiger partial charge in [-0.1, -0.05) is 29.8 Å². The van der Waals surface area contributed by atoms with Crippen LogP contribution in [-0.4, -0.2) is 23.4 Å². The molecule has 2 rings (SSSR count). The van der Waals surface area contributed by atoms with E-state index < -0.39 is 29.2 Å². The first-order chi connectivity index (χ1) is 11.9. The Morgan fingerprint density at radius 1 is 1.24 bits per heavy atom. The molecule has 0 saturated heterocycles. The first-order valence-corrected chi connectivity index (χ1v) is 7.37. The van der Waals surface area contributed by atoms with Gasteiger partial charge in [0.05, 0.1) is 16.4 Å². The number of halogens is 2. The van der Waals surface area contributed by atoms with Crippen molar-refractivity contribution in [1.82, 2.24) is 0 Å². The number of hydrogen-bond donors (Lipinski definition) is 1. The first kappa shape index (κ1) is 18.3. The minimum atomic E-state index is -0.790. The van der Waals surface area contributed by atoms with Crippen LogP contribution in [0.15, 0.2) is 42.5 Å². The number of amides is 1. The Bertz CT molecular complexity index is 828. The Hall–Kier alpha value is -3.00. The van der Waals surface area contributed by atoms with Crippen LogP contribution >= 0.6 is 11.6 Å². The van der Waals surface area contributed by atoms with Crippen LogP contribution in [0.3, 0.4) is 0 Å². The van der Waals surface area contributed by atoms with Crippen LogP contribution < -0.4 is 5.32 Å². The highest BCUT2D eigenvalue weighted by molar-refractivity contribution is 6.31. The van der Waals surface area contributed by atoms with E-state index in [-0.39, 0.29) is 28.4 Å². The maximum absolute atomic E-state index is 13.0. The summed E-state index contributed by atoms with van der Waals surface area (Å²) in [4.78, 5) is 33.7. The molecule has 1 amide bonds. The first-order valence-electron chi connectivity index (χ1n) is 6.99. The van der Waals surface area contributed by atoms with Gasteiger partial charge in [0.15, 0.2) is 6.61 Å². The van der Waals surface area contributed by atoms with E-state index in [0.717, 1.165) is 6.07 Å². The minimum absolute atomic E-state index is 0.161. The summed E-state index contributed by atoms with van der Waals surface area (Å²) >= 11 is 5.59. The lowest BCUT2D eigenvalue weighted by molar-refractivity contribution is -0.385. The Labute approximate surface area is 146 Å². The SMILES string of the molecule is O=C(COC(=O)Cc1ccccc1[N+](=O)[O-])Nc1ccc(F)c(Cl)c1. The zero-order valence-electron chi connectivity index (χ0n) is 12.7. The van der Waals surface area contributed by atoms with Crippen molar-refractivity contribution in [2.45, 2.75) is 6.42 Å². The minimum Gasteiger partial charge on any atom is -0.455 e. The molecule has 0 heterocycles. The molecule has 9 heteroatoms. The normalized spacial score (nSPS) is 10.2. The lowest BCUT2D eigenvalue weighted by Crippen LogP contribution is -2.21. The van der Waals surface area contributed by atoms with Gasteiger partial charge < -0.3 is 10.1 Å². The molecule has 1 N–H and O–H groups in total. The molecule has 0 aliphatic heterocycles. The summed E-state index contributed by atoms with van der Waals surface area (Å²) in [5, 5.41) is 13.1. The van der Waals surface area contributed by atoms with Gasteiger partial charge in [-0.25, -0.2) is 4.39 Å². The standard InChI is InChI=1S/C16H12ClFN2O5/c17-12-8-11(5-6-13(12)18)19-15(21)9-25-16(22)7-10-3-1-2-4-14(10)20(23)24/h1-6,8H,7,9H2,(H,19,21). The van der Waals surface area contributed by atoms with Gasteiger partial charge in [0, 0.05) is 17.3 Å². The van der Waals surface area contributed by atoms with Crippen molar-refractivity contribution >= 4 is 34.9 Å². The van der Waals surface area contributed by atoms with E-state index in [4.69, 9.17) is 16.3 Å². The highest BCUT2D eigenvalue weighted by Crippen LogP contribution is 2.20. The summed E-state index contributed by atoms with van der Waals surface area (Å²) in [5.41, 5.74) is 0.222. The molecule has 0 saturated carbocycles. The summed E-state index contributed by atoms with van der Waals surface area (Å²) in [6.45, 7) is -0.589. The van der Waals surface area contributed by atoms with Crippen molar-refractivity contribution in [3.05, 3.63) is 69.0 Å². The number of nitro groups is 1. The molecule has 0 aliphatic rings. The molecule has 0 aromatic heterocycles. The predicted octanol–water partition coefficient (Wildman–Crippen LogP) is 3.11. The quantitative estimate of drug-likeness (QED) is 0.481. The Balaban J connectivity index is 1.88. The molecule has 0 aliphatic carbocycles. The van der Waals surface area contributed by atoms with E-state index in [0.29, 0.717) is 0 Å². The number of nitrogens with one attached hydrogen (secondary N) is 1. The number of nitrogens with zero attached hydrogens (tertiary/aromatic N) is 1. The second kappa shape index (κ2) is 8.20. The van der Waals surface area contributed by atoms with Gasteiger partial charge in [0.2, 0.25) is 0 Å². The predicted molar refractivity (Wildman–Crippen MR) is 87.8 cm³/mol. The molecule has 0 radical (unpaired) electrons. The molecule has 2 aromatic carbocycles. The molecule has 0 bridgehead atoms. The van der Waals surface area contributed by atoms with Crippen LogP contribution in [0.25, 0.3) is 0 Å². The summed E-state index contributed by atoms with van der Waals surface area (Å²) < 4.78 is 17.8. The smallest absolute Gasteiger partial charge is 0.311 e. The van der Waals surface area contributed by atoms with E-state index >= 15 is 0 Å². The average molecular weight is 367 g/mol. The maximum Gasteiger partial charge on any atom is 0.311 e. The fourth-order valence-corrected chi connectivity index (χ4v) is 2.14. The molecule has 0 fully saturated rings. The van der Waals surface area contributed by atoms with Crippen LogP contribution in [0.2, 0.25) is 5.02 Å². The van der Waals surface area contributed by atoms with Gasteiger partial charge in [-0.15, -0.1) is 0 Å². The fourth-order valence-electron chi connectivity index (χ4n) is 1.96. The van der Waals surface area contributed by atoms with Gasteiger partial charge in [-0.05, 0) is 18.2 Å². The number of carbonyl (C=O) groups excluding carboxylic acids is 2. The number of carbonyl (C=O) groups is 2. The average Bonchev–Trinajstić information content (AvgIpc) is 2.57. The third-order valence-electron chi connectivity index (χ3n) is 3.09. The van der Waals surface area contributed by atoms with Crippen molar-refractivity contribution in [1.29, 1.82) is 0 Å².